The molecule has 0 amide bonds. The van der Waals surface area contributed by atoms with Crippen LogP contribution in [0.1, 0.15) is 4.88 Å². The number of hydrogen-bond acceptors (Lipinski definition) is 5. The van der Waals surface area contributed by atoms with Crippen LogP contribution in [0.15, 0.2) is 27.1 Å². The van der Waals surface area contributed by atoms with Gasteiger partial charge in [-0.15, -0.1) is 16.4 Å². The highest BCUT2D eigenvalue weighted by Gasteiger charge is 2.28. The molecule has 0 unspecified atom stereocenters. The Bertz CT molecular complexity index is 616. The molecule has 0 atom stereocenters. The molecule has 0 aliphatic rings. The quantitative estimate of drug-likeness (QED) is 0.836. The second-order valence-corrected chi connectivity index (χ2v) is 7.39. The van der Waals surface area contributed by atoms with Crippen molar-refractivity contribution in [1.29, 1.82) is 0 Å². The number of sulfonamides is 1. The zero-order valence-electron chi connectivity index (χ0n) is 9.74. The van der Waals surface area contributed by atoms with Crippen LogP contribution < -0.4 is 0 Å². The molecule has 98 valence electrons. The molecule has 0 aromatic carbocycles. The van der Waals surface area contributed by atoms with E-state index in [1.165, 1.54) is 27.4 Å². The summed E-state index contributed by atoms with van der Waals surface area (Å²) in [6.45, 7) is 0.331. The number of aromatic nitrogens is 3. The fraction of sp³-hybridized carbons (Fsp3) is 0.333. The van der Waals surface area contributed by atoms with E-state index in [0.29, 0.717) is 6.54 Å². The van der Waals surface area contributed by atoms with Crippen molar-refractivity contribution in [2.75, 3.05) is 7.05 Å². The molecular formula is C9H11BrN4O2S2. The van der Waals surface area contributed by atoms with Crippen molar-refractivity contribution in [2.45, 2.75) is 11.6 Å². The lowest BCUT2D eigenvalue weighted by Crippen LogP contribution is -2.28. The SMILES string of the molecule is CN(Cc1cccs1)S(=O)(=O)c1c(Br)nnn1C. The molecule has 0 fully saturated rings. The molecule has 0 saturated heterocycles. The first-order valence-corrected chi connectivity index (χ1v) is 8.08. The summed E-state index contributed by atoms with van der Waals surface area (Å²) >= 11 is 4.62. The van der Waals surface area contributed by atoms with E-state index in [-0.39, 0.29) is 9.63 Å². The van der Waals surface area contributed by atoms with Gasteiger partial charge in [0.15, 0.2) is 4.60 Å². The Kier molecular flexibility index (Phi) is 3.85. The summed E-state index contributed by atoms with van der Waals surface area (Å²) in [4.78, 5) is 0.979. The largest absolute Gasteiger partial charge is 0.263 e. The van der Waals surface area contributed by atoms with Crippen LogP contribution in [0.4, 0.5) is 0 Å². The van der Waals surface area contributed by atoms with Gasteiger partial charge in [0.2, 0.25) is 5.03 Å². The minimum absolute atomic E-state index is 0.0570. The van der Waals surface area contributed by atoms with E-state index in [1.807, 2.05) is 17.5 Å². The van der Waals surface area contributed by atoms with E-state index < -0.39 is 10.0 Å². The van der Waals surface area contributed by atoms with Crippen molar-refractivity contribution < 1.29 is 8.42 Å². The molecule has 2 heterocycles. The fourth-order valence-corrected chi connectivity index (χ4v) is 4.46. The van der Waals surface area contributed by atoms with Gasteiger partial charge >= 0.3 is 0 Å². The van der Waals surface area contributed by atoms with Crippen LogP contribution in [-0.4, -0.2) is 34.8 Å². The van der Waals surface area contributed by atoms with Gasteiger partial charge in [0, 0.05) is 25.5 Å². The van der Waals surface area contributed by atoms with Crippen molar-refractivity contribution in [3.8, 4) is 0 Å². The van der Waals surface area contributed by atoms with Gasteiger partial charge in [0.25, 0.3) is 10.0 Å². The number of hydrogen-bond donors (Lipinski definition) is 0. The third-order valence-electron chi connectivity index (χ3n) is 2.35. The van der Waals surface area contributed by atoms with Crippen molar-refractivity contribution in [2.24, 2.45) is 7.05 Å². The molecule has 0 bridgehead atoms. The standard InChI is InChI=1S/C9H11BrN4O2S2/c1-13(6-7-4-3-5-17-7)18(15,16)9-8(10)11-12-14(9)2/h3-5H,6H2,1-2H3. The van der Waals surface area contributed by atoms with Crippen LogP contribution in [0.3, 0.4) is 0 Å². The summed E-state index contributed by atoms with van der Waals surface area (Å²) in [6.07, 6.45) is 0. The third kappa shape index (κ3) is 2.48. The van der Waals surface area contributed by atoms with Gasteiger partial charge in [-0.2, -0.15) is 4.31 Å². The van der Waals surface area contributed by atoms with Gasteiger partial charge in [-0.1, -0.05) is 11.3 Å². The highest BCUT2D eigenvalue weighted by molar-refractivity contribution is 9.10. The van der Waals surface area contributed by atoms with E-state index in [2.05, 4.69) is 26.2 Å². The molecule has 0 spiro atoms. The Morgan fingerprint density at radius 2 is 2.28 bits per heavy atom. The first-order valence-electron chi connectivity index (χ1n) is 4.97. The van der Waals surface area contributed by atoms with Crippen molar-refractivity contribution in [3.63, 3.8) is 0 Å². The maximum Gasteiger partial charge on any atom is 0.263 e. The van der Waals surface area contributed by atoms with Crippen LogP contribution in [0.25, 0.3) is 0 Å². The Balaban J connectivity index is 2.32. The Labute approximate surface area is 117 Å². The molecule has 0 radical (unpaired) electrons. The first kappa shape index (κ1) is 13.7. The van der Waals surface area contributed by atoms with Crippen molar-refractivity contribution >= 4 is 37.3 Å². The second kappa shape index (κ2) is 5.08. The molecule has 2 aromatic rings. The van der Waals surface area contributed by atoms with E-state index in [9.17, 15) is 8.42 Å². The predicted molar refractivity (Wildman–Crippen MR) is 71.7 cm³/mol. The van der Waals surface area contributed by atoms with Gasteiger partial charge < -0.3 is 0 Å². The fourth-order valence-electron chi connectivity index (χ4n) is 1.45. The van der Waals surface area contributed by atoms with Crippen LogP contribution in [0.5, 0.6) is 0 Å². The van der Waals surface area contributed by atoms with E-state index in [1.54, 1.807) is 7.05 Å². The zero-order valence-corrected chi connectivity index (χ0v) is 13.0. The number of thiophene rings is 1. The summed E-state index contributed by atoms with van der Waals surface area (Å²) in [5.41, 5.74) is 0. The van der Waals surface area contributed by atoms with Gasteiger partial charge in [-0.25, -0.2) is 13.1 Å². The average molecular weight is 351 g/mol. The molecule has 6 nitrogen and oxygen atoms in total. The number of nitrogens with zero attached hydrogens (tertiary/aromatic N) is 4. The molecule has 0 N–H and O–H groups in total. The molecule has 18 heavy (non-hydrogen) atoms. The highest BCUT2D eigenvalue weighted by Crippen LogP contribution is 2.23. The number of rotatable bonds is 4. The summed E-state index contributed by atoms with van der Waals surface area (Å²) < 4.78 is 27.5. The van der Waals surface area contributed by atoms with Gasteiger partial charge in [-0.05, 0) is 27.4 Å². The monoisotopic (exact) mass is 350 g/mol. The minimum Gasteiger partial charge on any atom is -0.235 e. The van der Waals surface area contributed by atoms with E-state index in [4.69, 9.17) is 0 Å². The number of halogens is 1. The molecule has 2 rings (SSSR count). The predicted octanol–water partition coefficient (Wildman–Crippen LogP) is 1.46. The van der Waals surface area contributed by atoms with Gasteiger partial charge in [0.05, 0.1) is 0 Å². The maximum atomic E-state index is 12.4. The summed E-state index contributed by atoms with van der Waals surface area (Å²) in [7, 11) is -0.521. The van der Waals surface area contributed by atoms with E-state index >= 15 is 0 Å². The molecule has 2 aromatic heterocycles. The lowest BCUT2D eigenvalue weighted by Gasteiger charge is -2.15. The molecule has 0 saturated carbocycles. The molecule has 0 aliphatic heterocycles. The van der Waals surface area contributed by atoms with Gasteiger partial charge in [-0.3, -0.25) is 0 Å². The normalized spacial score (nSPS) is 12.2. The topological polar surface area (TPSA) is 68.1 Å². The maximum absolute atomic E-state index is 12.4. The van der Waals surface area contributed by atoms with Gasteiger partial charge in [0.1, 0.15) is 0 Å². The Hall–Kier alpha value is -0.770. The van der Waals surface area contributed by atoms with Crippen LogP contribution in [-0.2, 0) is 23.6 Å². The van der Waals surface area contributed by atoms with Crippen molar-refractivity contribution in [1.82, 2.24) is 19.3 Å². The smallest absolute Gasteiger partial charge is 0.235 e. The average Bonchev–Trinajstić information content (AvgIpc) is 2.89. The van der Waals surface area contributed by atoms with E-state index in [0.717, 1.165) is 4.88 Å². The first-order chi connectivity index (χ1) is 8.43. The van der Waals surface area contributed by atoms with Crippen molar-refractivity contribution in [3.05, 3.63) is 27.0 Å². The zero-order chi connectivity index (χ0) is 13.3. The summed E-state index contributed by atoms with van der Waals surface area (Å²) in [5, 5.41) is 9.34. The van der Waals surface area contributed by atoms with Crippen LogP contribution >= 0.6 is 27.3 Å². The Morgan fingerprint density at radius 1 is 1.56 bits per heavy atom. The third-order valence-corrected chi connectivity index (χ3v) is 5.90. The highest BCUT2D eigenvalue weighted by atomic mass is 79.9. The van der Waals surface area contributed by atoms with Crippen LogP contribution in [0, 0.1) is 0 Å². The molecule has 0 aliphatic carbocycles. The number of aryl methyl sites for hydroxylation is 1. The summed E-state index contributed by atoms with van der Waals surface area (Å²) in [5.74, 6) is 0. The molecular weight excluding hydrogens is 340 g/mol. The Morgan fingerprint density at radius 3 is 2.78 bits per heavy atom. The summed E-state index contributed by atoms with van der Waals surface area (Å²) in [6, 6.07) is 3.79. The molecule has 9 heteroatoms. The van der Waals surface area contributed by atoms with Crippen LogP contribution in [0.2, 0.25) is 0 Å². The second-order valence-electron chi connectivity index (χ2n) is 3.65. The lowest BCUT2D eigenvalue weighted by atomic mass is 10.5. The minimum atomic E-state index is -3.60. The lowest BCUT2D eigenvalue weighted by molar-refractivity contribution is 0.459.